The van der Waals surface area contributed by atoms with Crippen LogP contribution in [-0.4, -0.2) is 54.7 Å². The highest BCUT2D eigenvalue weighted by atomic mass is 16.5. The van der Waals surface area contributed by atoms with Gasteiger partial charge in [0.15, 0.2) is 0 Å². The summed E-state index contributed by atoms with van der Waals surface area (Å²) >= 11 is 0. The summed E-state index contributed by atoms with van der Waals surface area (Å²) < 4.78 is 5.24. The van der Waals surface area contributed by atoms with Crippen molar-refractivity contribution >= 4 is 5.78 Å². The van der Waals surface area contributed by atoms with E-state index in [1.54, 1.807) is 0 Å². The van der Waals surface area contributed by atoms with Gasteiger partial charge in [0.05, 0.1) is 12.1 Å². The number of hydrogen-bond acceptors (Lipinski definition) is 4. The highest BCUT2D eigenvalue weighted by Crippen LogP contribution is 2.21. The van der Waals surface area contributed by atoms with E-state index in [1.807, 2.05) is 25.8 Å². The Morgan fingerprint density at radius 2 is 2.06 bits per heavy atom. The Kier molecular flexibility index (Phi) is 5.56. The Labute approximate surface area is 104 Å². The summed E-state index contributed by atoms with van der Waals surface area (Å²) in [5.41, 5.74) is -0.678. The Morgan fingerprint density at radius 1 is 1.47 bits per heavy atom. The first kappa shape index (κ1) is 14.6. The molecule has 0 saturated carbocycles. The number of ether oxygens (including phenoxy) is 1. The van der Waals surface area contributed by atoms with Gasteiger partial charge in [-0.05, 0) is 13.5 Å². The maximum atomic E-state index is 11.8. The molecule has 1 aliphatic heterocycles. The molecule has 1 N–H and O–H groups in total. The largest absolute Gasteiger partial charge is 0.388 e. The second-order valence-electron chi connectivity index (χ2n) is 5.28. The van der Waals surface area contributed by atoms with Gasteiger partial charge >= 0.3 is 0 Å². The van der Waals surface area contributed by atoms with Gasteiger partial charge in [-0.1, -0.05) is 13.8 Å². The molecule has 0 spiro atoms. The van der Waals surface area contributed by atoms with E-state index in [9.17, 15) is 9.90 Å². The lowest BCUT2D eigenvalue weighted by Gasteiger charge is -2.35. The number of carbonyl (C=O) groups excluding carboxylic acids is 1. The minimum Gasteiger partial charge on any atom is -0.388 e. The molecule has 0 aromatic rings. The summed E-state index contributed by atoms with van der Waals surface area (Å²) in [5.74, 6) is 0.368. The quantitative estimate of drug-likeness (QED) is 0.758. The second-order valence-corrected chi connectivity index (χ2v) is 5.28. The van der Waals surface area contributed by atoms with Gasteiger partial charge in [-0.3, -0.25) is 9.69 Å². The Balaban J connectivity index is 2.37. The van der Waals surface area contributed by atoms with E-state index in [-0.39, 0.29) is 11.7 Å². The predicted octanol–water partition coefficient (Wildman–Crippen LogP) is 1.07. The Hall–Kier alpha value is -0.450. The summed E-state index contributed by atoms with van der Waals surface area (Å²) in [6.45, 7) is 6.19. The molecule has 4 nitrogen and oxygen atoms in total. The van der Waals surface area contributed by atoms with Gasteiger partial charge in [0.25, 0.3) is 0 Å². The van der Waals surface area contributed by atoms with Crippen molar-refractivity contribution in [1.29, 1.82) is 0 Å². The van der Waals surface area contributed by atoms with Gasteiger partial charge < -0.3 is 9.84 Å². The predicted molar refractivity (Wildman–Crippen MR) is 67.0 cm³/mol. The molecule has 0 aromatic heterocycles. The van der Waals surface area contributed by atoms with Crippen molar-refractivity contribution < 1.29 is 14.6 Å². The van der Waals surface area contributed by atoms with E-state index in [1.165, 1.54) is 0 Å². The van der Waals surface area contributed by atoms with Crippen LogP contribution in [0.3, 0.4) is 0 Å². The fraction of sp³-hybridized carbons (Fsp3) is 0.923. The highest BCUT2D eigenvalue weighted by Gasteiger charge is 2.31. The number of nitrogens with zero attached hydrogens (tertiary/aromatic N) is 1. The van der Waals surface area contributed by atoms with E-state index in [2.05, 4.69) is 0 Å². The number of aliphatic hydroxyl groups is 1. The lowest BCUT2D eigenvalue weighted by molar-refractivity contribution is -0.125. The van der Waals surface area contributed by atoms with Gasteiger partial charge in [-0.2, -0.15) is 0 Å². The standard InChI is InChI=1S/C13H25NO3/c1-4-11(2)12(15)9-14(3)10-13(16)5-7-17-8-6-13/h11,16H,4-10H2,1-3H3. The molecule has 1 fully saturated rings. The zero-order valence-corrected chi connectivity index (χ0v) is 11.2. The van der Waals surface area contributed by atoms with Crippen LogP contribution in [0.4, 0.5) is 0 Å². The minimum atomic E-state index is -0.678. The van der Waals surface area contributed by atoms with Gasteiger partial charge in [0, 0.05) is 38.5 Å². The first-order valence-electron chi connectivity index (χ1n) is 6.48. The van der Waals surface area contributed by atoms with Crippen molar-refractivity contribution in [3.8, 4) is 0 Å². The lowest BCUT2D eigenvalue weighted by atomic mass is 9.93. The number of Topliss-reactive ketones (excluding diaryl/α,β-unsaturated/α-hetero) is 1. The molecular formula is C13H25NO3. The summed E-state index contributed by atoms with van der Waals surface area (Å²) in [6.07, 6.45) is 2.20. The van der Waals surface area contributed by atoms with Crippen LogP contribution in [0.15, 0.2) is 0 Å². The number of hydrogen-bond donors (Lipinski definition) is 1. The molecule has 4 heteroatoms. The smallest absolute Gasteiger partial charge is 0.149 e. The molecule has 0 aliphatic carbocycles. The van der Waals surface area contributed by atoms with Gasteiger partial charge in [0.1, 0.15) is 5.78 Å². The van der Waals surface area contributed by atoms with Gasteiger partial charge in [-0.15, -0.1) is 0 Å². The van der Waals surface area contributed by atoms with Crippen molar-refractivity contribution in [1.82, 2.24) is 4.90 Å². The van der Waals surface area contributed by atoms with E-state index in [0.717, 1.165) is 6.42 Å². The second kappa shape index (κ2) is 6.47. The van der Waals surface area contributed by atoms with Crippen molar-refractivity contribution in [3.05, 3.63) is 0 Å². The van der Waals surface area contributed by atoms with E-state index >= 15 is 0 Å². The van der Waals surface area contributed by atoms with Gasteiger partial charge in [-0.25, -0.2) is 0 Å². The fourth-order valence-corrected chi connectivity index (χ4v) is 2.12. The van der Waals surface area contributed by atoms with Gasteiger partial charge in [0.2, 0.25) is 0 Å². The molecule has 1 aliphatic rings. The van der Waals surface area contributed by atoms with Crippen LogP contribution < -0.4 is 0 Å². The summed E-state index contributed by atoms with van der Waals surface area (Å²) in [5, 5.41) is 10.3. The molecule has 17 heavy (non-hydrogen) atoms. The molecule has 0 amide bonds. The molecule has 1 atom stereocenters. The van der Waals surface area contributed by atoms with Crippen molar-refractivity contribution in [2.45, 2.75) is 38.7 Å². The molecule has 1 heterocycles. The monoisotopic (exact) mass is 243 g/mol. The zero-order chi connectivity index (χ0) is 12.9. The third-order valence-corrected chi connectivity index (χ3v) is 3.58. The molecule has 0 bridgehead atoms. The highest BCUT2D eigenvalue weighted by molar-refractivity contribution is 5.82. The molecule has 1 rings (SSSR count). The van der Waals surface area contributed by atoms with Crippen LogP contribution in [0.25, 0.3) is 0 Å². The normalized spacial score (nSPS) is 21.5. The first-order chi connectivity index (χ1) is 7.97. The van der Waals surface area contributed by atoms with Crippen molar-refractivity contribution in [2.75, 3.05) is 33.4 Å². The van der Waals surface area contributed by atoms with Crippen LogP contribution in [0, 0.1) is 5.92 Å². The maximum Gasteiger partial charge on any atom is 0.149 e. The number of likely N-dealkylation sites (N-methyl/N-ethyl adjacent to an activating group) is 1. The first-order valence-corrected chi connectivity index (χ1v) is 6.48. The van der Waals surface area contributed by atoms with E-state index in [4.69, 9.17) is 4.74 Å². The number of rotatable bonds is 6. The fourth-order valence-electron chi connectivity index (χ4n) is 2.12. The average Bonchev–Trinajstić information content (AvgIpc) is 2.27. The number of ketones is 1. The molecule has 100 valence electrons. The Bertz CT molecular complexity index is 249. The average molecular weight is 243 g/mol. The van der Waals surface area contributed by atoms with Crippen molar-refractivity contribution in [3.63, 3.8) is 0 Å². The molecular weight excluding hydrogens is 218 g/mol. The maximum absolute atomic E-state index is 11.8. The summed E-state index contributed by atoms with van der Waals surface area (Å²) in [7, 11) is 1.90. The van der Waals surface area contributed by atoms with Crippen LogP contribution in [0.1, 0.15) is 33.1 Å². The SMILES string of the molecule is CCC(C)C(=O)CN(C)CC1(O)CCOCC1. The molecule has 0 aromatic carbocycles. The van der Waals surface area contributed by atoms with Crippen LogP contribution >= 0.6 is 0 Å². The van der Waals surface area contributed by atoms with Crippen LogP contribution in [0.5, 0.6) is 0 Å². The Morgan fingerprint density at radius 3 is 2.59 bits per heavy atom. The van der Waals surface area contributed by atoms with Crippen LogP contribution in [0.2, 0.25) is 0 Å². The lowest BCUT2D eigenvalue weighted by Crippen LogP contribution is -2.47. The molecule has 1 unspecified atom stereocenters. The third-order valence-electron chi connectivity index (χ3n) is 3.58. The molecule has 1 saturated heterocycles. The zero-order valence-electron chi connectivity index (χ0n) is 11.2. The topological polar surface area (TPSA) is 49.8 Å². The minimum absolute atomic E-state index is 0.113. The molecule has 0 radical (unpaired) electrons. The van der Waals surface area contributed by atoms with Crippen LogP contribution in [-0.2, 0) is 9.53 Å². The number of carbonyl (C=O) groups is 1. The summed E-state index contributed by atoms with van der Waals surface area (Å²) in [6, 6.07) is 0. The van der Waals surface area contributed by atoms with E-state index in [0.29, 0.717) is 39.1 Å². The van der Waals surface area contributed by atoms with E-state index < -0.39 is 5.60 Å². The van der Waals surface area contributed by atoms with Crippen molar-refractivity contribution in [2.24, 2.45) is 5.92 Å². The third kappa shape index (κ3) is 4.74. The summed E-state index contributed by atoms with van der Waals surface area (Å²) in [4.78, 5) is 13.7.